The van der Waals surface area contributed by atoms with Gasteiger partial charge in [-0.3, -0.25) is 0 Å². The topological polar surface area (TPSA) is 72.8 Å². The number of carbonyl (C=O) groups excluding carboxylic acids is 2. The summed E-state index contributed by atoms with van der Waals surface area (Å²) in [4.78, 5) is 22.2. The summed E-state index contributed by atoms with van der Waals surface area (Å²) in [6.07, 6.45) is 1.48. The highest BCUT2D eigenvalue weighted by Crippen LogP contribution is 2.11. The highest BCUT2D eigenvalue weighted by atomic mass is 16.5. The van der Waals surface area contributed by atoms with E-state index < -0.39 is 11.9 Å². The summed E-state index contributed by atoms with van der Waals surface area (Å²) < 4.78 is 9.64. The van der Waals surface area contributed by atoms with Crippen molar-refractivity contribution in [2.75, 3.05) is 13.2 Å². The van der Waals surface area contributed by atoms with Crippen LogP contribution in [0.3, 0.4) is 0 Å². The van der Waals surface area contributed by atoms with E-state index in [0.717, 1.165) is 6.08 Å². The van der Waals surface area contributed by atoms with Gasteiger partial charge >= 0.3 is 11.9 Å². The Balaban J connectivity index is 2.25. The first-order valence-corrected chi connectivity index (χ1v) is 5.39. The van der Waals surface area contributed by atoms with Crippen LogP contribution in [0.2, 0.25) is 0 Å². The van der Waals surface area contributed by atoms with Crippen LogP contribution in [-0.4, -0.2) is 30.3 Å². The van der Waals surface area contributed by atoms with E-state index >= 15 is 0 Å². The van der Waals surface area contributed by atoms with Gasteiger partial charge in [-0.05, 0) is 18.2 Å². The number of rotatable bonds is 6. The van der Waals surface area contributed by atoms with Crippen molar-refractivity contribution in [2.45, 2.75) is 6.42 Å². The molecule has 1 aromatic carbocycles. The maximum atomic E-state index is 11.5. The van der Waals surface area contributed by atoms with Crippen molar-refractivity contribution in [3.8, 4) is 5.75 Å². The number of hydrogen-bond donors (Lipinski definition) is 1. The normalized spacial score (nSPS) is 9.56. The van der Waals surface area contributed by atoms with Crippen LogP contribution in [0.15, 0.2) is 36.9 Å². The number of carbonyl (C=O) groups is 2. The minimum atomic E-state index is -0.527. The fourth-order valence-corrected chi connectivity index (χ4v) is 1.17. The zero-order valence-electron chi connectivity index (χ0n) is 9.80. The van der Waals surface area contributed by atoms with Gasteiger partial charge in [0.05, 0.1) is 18.8 Å². The lowest BCUT2D eigenvalue weighted by atomic mass is 10.2. The molecule has 0 aliphatic carbocycles. The van der Waals surface area contributed by atoms with E-state index in [1.165, 1.54) is 12.1 Å². The van der Waals surface area contributed by atoms with E-state index in [1.54, 1.807) is 12.1 Å². The van der Waals surface area contributed by atoms with Crippen LogP contribution in [0.1, 0.15) is 16.8 Å². The molecule has 0 amide bonds. The van der Waals surface area contributed by atoms with Gasteiger partial charge in [0.2, 0.25) is 0 Å². The van der Waals surface area contributed by atoms with Gasteiger partial charge in [-0.2, -0.15) is 0 Å². The maximum absolute atomic E-state index is 11.5. The number of hydrogen-bond acceptors (Lipinski definition) is 5. The van der Waals surface area contributed by atoms with Crippen molar-refractivity contribution in [2.24, 2.45) is 0 Å². The van der Waals surface area contributed by atoms with Gasteiger partial charge in [0.1, 0.15) is 5.75 Å². The summed E-state index contributed by atoms with van der Waals surface area (Å²) in [6, 6.07) is 5.88. The minimum Gasteiger partial charge on any atom is -0.508 e. The number of esters is 2. The molecular weight excluding hydrogens is 236 g/mol. The molecule has 0 spiro atoms. The first-order valence-electron chi connectivity index (χ1n) is 5.39. The van der Waals surface area contributed by atoms with Crippen molar-refractivity contribution in [3.05, 3.63) is 42.5 Å². The fraction of sp³-hybridized carbons (Fsp3) is 0.231. The first-order chi connectivity index (χ1) is 8.63. The lowest BCUT2D eigenvalue weighted by Gasteiger charge is -2.05. The fourth-order valence-electron chi connectivity index (χ4n) is 1.17. The van der Waals surface area contributed by atoms with Gasteiger partial charge in [0, 0.05) is 12.5 Å². The number of phenolic OH excluding ortho intramolecular Hbond substituents is 1. The molecule has 0 bridgehead atoms. The van der Waals surface area contributed by atoms with Gasteiger partial charge in [-0.1, -0.05) is 12.6 Å². The number of benzene rings is 1. The molecule has 5 heteroatoms. The Labute approximate surface area is 105 Å². The summed E-state index contributed by atoms with van der Waals surface area (Å²) in [7, 11) is 0. The Morgan fingerprint density at radius 3 is 2.67 bits per heavy atom. The second-order valence-corrected chi connectivity index (χ2v) is 3.41. The predicted molar refractivity (Wildman–Crippen MR) is 64.2 cm³/mol. The minimum absolute atomic E-state index is 0.00404. The Hall–Kier alpha value is -2.30. The molecule has 0 aliphatic heterocycles. The third kappa shape index (κ3) is 4.69. The molecule has 1 N–H and O–H groups in total. The van der Waals surface area contributed by atoms with Crippen LogP contribution in [0.5, 0.6) is 5.75 Å². The van der Waals surface area contributed by atoms with Crippen molar-refractivity contribution in [1.29, 1.82) is 0 Å². The van der Waals surface area contributed by atoms with Gasteiger partial charge < -0.3 is 14.6 Å². The summed E-state index contributed by atoms with van der Waals surface area (Å²) >= 11 is 0. The lowest BCUT2D eigenvalue weighted by Crippen LogP contribution is -2.09. The molecule has 0 atom stereocenters. The quantitative estimate of drug-likeness (QED) is 0.472. The van der Waals surface area contributed by atoms with Crippen molar-refractivity contribution >= 4 is 11.9 Å². The Morgan fingerprint density at radius 1 is 1.28 bits per heavy atom. The summed E-state index contributed by atoms with van der Waals surface area (Å²) in [6.45, 7) is 3.55. The second kappa shape index (κ2) is 7.11. The van der Waals surface area contributed by atoms with E-state index in [4.69, 9.17) is 9.47 Å². The molecule has 1 rings (SSSR count). The molecule has 1 aromatic rings. The van der Waals surface area contributed by atoms with Crippen molar-refractivity contribution in [1.82, 2.24) is 0 Å². The van der Waals surface area contributed by atoms with E-state index in [0.29, 0.717) is 6.42 Å². The monoisotopic (exact) mass is 250 g/mol. The van der Waals surface area contributed by atoms with Crippen LogP contribution < -0.4 is 0 Å². The highest BCUT2D eigenvalue weighted by Gasteiger charge is 2.07. The number of ether oxygens (including phenoxy) is 2. The lowest BCUT2D eigenvalue weighted by molar-refractivity contribution is -0.137. The second-order valence-electron chi connectivity index (χ2n) is 3.41. The van der Waals surface area contributed by atoms with Crippen LogP contribution in [0.4, 0.5) is 0 Å². The molecule has 0 heterocycles. The van der Waals surface area contributed by atoms with Crippen LogP contribution in [-0.2, 0) is 14.3 Å². The van der Waals surface area contributed by atoms with Gasteiger partial charge in [-0.25, -0.2) is 9.59 Å². The zero-order valence-corrected chi connectivity index (χ0v) is 9.80. The van der Waals surface area contributed by atoms with Crippen LogP contribution in [0, 0.1) is 0 Å². The highest BCUT2D eigenvalue weighted by molar-refractivity contribution is 5.89. The number of aromatic hydroxyl groups is 1. The molecule has 0 unspecified atom stereocenters. The average Bonchev–Trinajstić information content (AvgIpc) is 2.37. The van der Waals surface area contributed by atoms with E-state index in [9.17, 15) is 14.7 Å². The molecule has 0 radical (unpaired) electrons. The Kier molecular flexibility index (Phi) is 5.44. The third-order valence-corrected chi connectivity index (χ3v) is 2.01. The summed E-state index contributed by atoms with van der Waals surface area (Å²) in [5, 5.41) is 9.19. The summed E-state index contributed by atoms with van der Waals surface area (Å²) in [5.41, 5.74) is 0.276. The molecule has 0 saturated heterocycles. The Bertz CT molecular complexity index is 439. The van der Waals surface area contributed by atoms with Gasteiger partial charge in [0.25, 0.3) is 0 Å². The van der Waals surface area contributed by atoms with Crippen LogP contribution in [0.25, 0.3) is 0 Å². The van der Waals surface area contributed by atoms with Crippen LogP contribution >= 0.6 is 0 Å². The molecule has 96 valence electrons. The zero-order chi connectivity index (χ0) is 13.4. The molecule has 0 saturated carbocycles. The van der Waals surface area contributed by atoms with Gasteiger partial charge in [-0.15, -0.1) is 0 Å². The first kappa shape index (κ1) is 13.8. The van der Waals surface area contributed by atoms with E-state index in [-0.39, 0.29) is 24.5 Å². The molecule has 0 aromatic heterocycles. The smallest absolute Gasteiger partial charge is 0.338 e. The SMILES string of the molecule is C=CC(=O)OCCCOC(=O)c1cccc(O)c1. The third-order valence-electron chi connectivity index (χ3n) is 2.01. The number of phenols is 1. The average molecular weight is 250 g/mol. The van der Waals surface area contributed by atoms with Crippen molar-refractivity contribution < 1.29 is 24.2 Å². The molecular formula is C13H14O5. The Morgan fingerprint density at radius 2 is 2.00 bits per heavy atom. The van der Waals surface area contributed by atoms with E-state index in [2.05, 4.69) is 6.58 Å². The molecule has 5 nitrogen and oxygen atoms in total. The molecule has 0 aliphatic rings. The molecule has 18 heavy (non-hydrogen) atoms. The maximum Gasteiger partial charge on any atom is 0.338 e. The predicted octanol–water partition coefficient (Wildman–Crippen LogP) is 1.67. The standard InChI is InChI=1S/C13H14O5/c1-2-12(15)17-7-4-8-18-13(16)10-5-3-6-11(14)9-10/h2-3,5-6,9,14H,1,4,7-8H2. The van der Waals surface area contributed by atoms with Crippen molar-refractivity contribution in [3.63, 3.8) is 0 Å². The largest absolute Gasteiger partial charge is 0.508 e. The van der Waals surface area contributed by atoms with E-state index in [1.807, 2.05) is 0 Å². The van der Waals surface area contributed by atoms with Gasteiger partial charge in [0.15, 0.2) is 0 Å². The molecule has 0 fully saturated rings. The summed E-state index contributed by atoms with van der Waals surface area (Å²) in [5.74, 6) is -1.03.